The number of aliphatic imine (C=N–C) groups is 1. The topological polar surface area (TPSA) is 52.6 Å². The summed E-state index contributed by atoms with van der Waals surface area (Å²) in [7, 11) is 0. The zero-order chi connectivity index (χ0) is 18.4. The number of likely N-dealkylation sites (tertiary alicyclic amines) is 1. The Bertz CT molecular complexity index is 712. The van der Waals surface area contributed by atoms with Crippen LogP contribution in [0.15, 0.2) is 40.8 Å². The van der Waals surface area contributed by atoms with E-state index in [4.69, 9.17) is 4.99 Å². The molecule has 2 atom stereocenters. The molecule has 3 rings (SSSR count). The van der Waals surface area contributed by atoms with E-state index in [2.05, 4.69) is 64.7 Å². The van der Waals surface area contributed by atoms with Crippen LogP contribution < -0.4 is 10.6 Å². The fourth-order valence-corrected chi connectivity index (χ4v) is 4.08. The number of benzene rings is 1. The molecule has 1 fully saturated rings. The van der Waals surface area contributed by atoms with Gasteiger partial charge in [0.25, 0.3) is 0 Å². The molecule has 0 radical (unpaired) electrons. The van der Waals surface area contributed by atoms with Gasteiger partial charge in [0.05, 0.1) is 17.7 Å². The van der Waals surface area contributed by atoms with Gasteiger partial charge in [0, 0.05) is 36.6 Å². The second-order valence-corrected chi connectivity index (χ2v) is 7.84. The SMILES string of the molecule is CCNC(=NCc1scnc1C)NC1CC(C)N(Cc2ccccc2)C1. The van der Waals surface area contributed by atoms with Gasteiger partial charge in [-0.05, 0) is 32.8 Å². The van der Waals surface area contributed by atoms with Crippen LogP contribution in [0.4, 0.5) is 0 Å². The van der Waals surface area contributed by atoms with E-state index in [0.717, 1.165) is 37.7 Å². The van der Waals surface area contributed by atoms with Crippen molar-refractivity contribution in [1.29, 1.82) is 0 Å². The fraction of sp³-hybridized carbons (Fsp3) is 0.500. The van der Waals surface area contributed by atoms with E-state index in [1.807, 2.05) is 12.4 Å². The number of hydrogen-bond donors (Lipinski definition) is 2. The average Bonchev–Trinajstić information content (AvgIpc) is 3.19. The van der Waals surface area contributed by atoms with Gasteiger partial charge in [-0.25, -0.2) is 9.98 Å². The standard InChI is InChI=1S/C20H29N5S/c1-4-21-20(22-11-19-16(3)23-14-26-19)24-18-10-15(2)25(13-18)12-17-8-6-5-7-9-17/h5-9,14-15,18H,4,10-13H2,1-3H3,(H2,21,22,24). The molecule has 26 heavy (non-hydrogen) atoms. The quantitative estimate of drug-likeness (QED) is 0.605. The van der Waals surface area contributed by atoms with Gasteiger partial charge in [-0.3, -0.25) is 4.90 Å². The fourth-order valence-electron chi connectivity index (χ4n) is 3.38. The first-order chi connectivity index (χ1) is 12.7. The molecule has 5 nitrogen and oxygen atoms in total. The number of aryl methyl sites for hydroxylation is 1. The van der Waals surface area contributed by atoms with Gasteiger partial charge in [0.1, 0.15) is 0 Å². The van der Waals surface area contributed by atoms with Crippen molar-refractivity contribution in [3.05, 3.63) is 52.0 Å². The molecule has 1 aromatic heterocycles. The number of aromatic nitrogens is 1. The van der Waals surface area contributed by atoms with Gasteiger partial charge in [-0.15, -0.1) is 11.3 Å². The molecule has 6 heteroatoms. The van der Waals surface area contributed by atoms with E-state index in [1.54, 1.807) is 11.3 Å². The predicted molar refractivity (Wildman–Crippen MR) is 110 cm³/mol. The number of rotatable bonds is 6. The predicted octanol–water partition coefficient (Wildman–Crippen LogP) is 3.17. The van der Waals surface area contributed by atoms with E-state index in [-0.39, 0.29) is 0 Å². The molecule has 1 saturated heterocycles. The zero-order valence-electron chi connectivity index (χ0n) is 15.9. The lowest BCUT2D eigenvalue weighted by molar-refractivity contribution is 0.258. The normalized spacial score (nSPS) is 21.1. The van der Waals surface area contributed by atoms with E-state index in [0.29, 0.717) is 18.6 Å². The van der Waals surface area contributed by atoms with Gasteiger partial charge in [-0.2, -0.15) is 0 Å². The number of nitrogens with zero attached hydrogens (tertiary/aromatic N) is 3. The highest BCUT2D eigenvalue weighted by Crippen LogP contribution is 2.20. The van der Waals surface area contributed by atoms with Crippen LogP contribution in [0.25, 0.3) is 0 Å². The Morgan fingerprint density at radius 1 is 1.35 bits per heavy atom. The largest absolute Gasteiger partial charge is 0.357 e. The maximum absolute atomic E-state index is 4.76. The van der Waals surface area contributed by atoms with E-state index in [1.165, 1.54) is 10.4 Å². The molecule has 1 aliphatic rings. The lowest BCUT2D eigenvalue weighted by Crippen LogP contribution is -2.44. The van der Waals surface area contributed by atoms with Crippen molar-refractivity contribution in [3.8, 4) is 0 Å². The minimum absolute atomic E-state index is 0.425. The van der Waals surface area contributed by atoms with Gasteiger partial charge in [0.2, 0.25) is 0 Å². The Kier molecular flexibility index (Phi) is 6.63. The molecular weight excluding hydrogens is 342 g/mol. The molecule has 140 valence electrons. The van der Waals surface area contributed by atoms with E-state index >= 15 is 0 Å². The first kappa shape index (κ1) is 18.9. The van der Waals surface area contributed by atoms with Crippen LogP contribution in [0.1, 0.15) is 36.4 Å². The summed E-state index contributed by atoms with van der Waals surface area (Å²) in [4.78, 5) is 12.8. The van der Waals surface area contributed by atoms with Crippen molar-refractivity contribution < 1.29 is 0 Å². The smallest absolute Gasteiger partial charge is 0.191 e. The molecule has 2 aromatic rings. The summed E-state index contributed by atoms with van der Waals surface area (Å²) in [6.07, 6.45) is 1.14. The molecule has 2 heterocycles. The van der Waals surface area contributed by atoms with E-state index < -0.39 is 0 Å². The van der Waals surface area contributed by atoms with Gasteiger partial charge >= 0.3 is 0 Å². The summed E-state index contributed by atoms with van der Waals surface area (Å²) >= 11 is 1.67. The highest BCUT2D eigenvalue weighted by Gasteiger charge is 2.29. The van der Waals surface area contributed by atoms with Crippen molar-refractivity contribution in [2.75, 3.05) is 13.1 Å². The maximum Gasteiger partial charge on any atom is 0.191 e. The van der Waals surface area contributed by atoms with Gasteiger partial charge in [0.15, 0.2) is 5.96 Å². The molecule has 0 saturated carbocycles. The average molecular weight is 372 g/mol. The van der Waals surface area contributed by atoms with Crippen LogP contribution in [0, 0.1) is 6.92 Å². The highest BCUT2D eigenvalue weighted by atomic mass is 32.1. The van der Waals surface area contributed by atoms with Crippen molar-refractivity contribution in [2.45, 2.75) is 52.4 Å². The molecule has 1 aromatic carbocycles. The lowest BCUT2D eigenvalue weighted by Gasteiger charge is -2.21. The van der Waals surface area contributed by atoms with Crippen molar-refractivity contribution in [2.24, 2.45) is 4.99 Å². The summed E-state index contributed by atoms with van der Waals surface area (Å²) in [6, 6.07) is 11.7. The van der Waals surface area contributed by atoms with E-state index in [9.17, 15) is 0 Å². The summed E-state index contributed by atoms with van der Waals surface area (Å²) in [6.45, 7) is 10.1. The molecule has 0 bridgehead atoms. The van der Waals surface area contributed by atoms with Gasteiger partial charge < -0.3 is 10.6 Å². The summed E-state index contributed by atoms with van der Waals surface area (Å²) in [5.74, 6) is 0.902. The second-order valence-electron chi connectivity index (χ2n) is 6.90. The van der Waals surface area contributed by atoms with Crippen molar-refractivity contribution in [1.82, 2.24) is 20.5 Å². The Labute approximate surface area is 160 Å². The Balaban J connectivity index is 1.58. The van der Waals surface area contributed by atoms with Crippen LogP contribution in [0.2, 0.25) is 0 Å². The first-order valence-corrected chi connectivity index (χ1v) is 10.3. The highest BCUT2D eigenvalue weighted by molar-refractivity contribution is 7.09. The molecule has 2 unspecified atom stereocenters. The third kappa shape index (κ3) is 5.05. The second kappa shape index (κ2) is 9.14. The number of guanidine groups is 1. The molecule has 0 aliphatic carbocycles. The zero-order valence-corrected chi connectivity index (χ0v) is 16.7. The number of nitrogens with one attached hydrogen (secondary N) is 2. The minimum atomic E-state index is 0.425. The van der Waals surface area contributed by atoms with Crippen LogP contribution in [0.5, 0.6) is 0 Å². The maximum atomic E-state index is 4.76. The van der Waals surface area contributed by atoms with Gasteiger partial charge in [-0.1, -0.05) is 30.3 Å². The van der Waals surface area contributed by atoms with Crippen LogP contribution in [-0.2, 0) is 13.1 Å². The Morgan fingerprint density at radius 2 is 2.15 bits per heavy atom. The molecular formula is C20H29N5S. The van der Waals surface area contributed by atoms with Crippen LogP contribution in [-0.4, -0.2) is 41.0 Å². The summed E-state index contributed by atoms with van der Waals surface area (Å²) in [5.41, 5.74) is 4.35. The number of thiazole rings is 1. The molecule has 1 aliphatic heterocycles. The summed E-state index contributed by atoms with van der Waals surface area (Å²) in [5, 5.41) is 7.00. The minimum Gasteiger partial charge on any atom is -0.357 e. The third-order valence-corrected chi connectivity index (χ3v) is 5.76. The molecule has 2 N–H and O–H groups in total. The summed E-state index contributed by atoms with van der Waals surface area (Å²) < 4.78 is 0. The first-order valence-electron chi connectivity index (χ1n) is 9.37. The van der Waals surface area contributed by atoms with Crippen LogP contribution in [0.3, 0.4) is 0 Å². The van der Waals surface area contributed by atoms with Crippen molar-refractivity contribution in [3.63, 3.8) is 0 Å². The van der Waals surface area contributed by atoms with Crippen molar-refractivity contribution >= 4 is 17.3 Å². The molecule has 0 spiro atoms. The molecule has 0 amide bonds. The third-order valence-electron chi connectivity index (χ3n) is 4.84. The van der Waals surface area contributed by atoms with Crippen LogP contribution >= 0.6 is 11.3 Å². The Hall–Kier alpha value is -1.92. The monoisotopic (exact) mass is 371 g/mol. The lowest BCUT2D eigenvalue weighted by atomic mass is 10.2. The Morgan fingerprint density at radius 3 is 2.85 bits per heavy atom. The number of hydrogen-bond acceptors (Lipinski definition) is 4.